The van der Waals surface area contributed by atoms with Gasteiger partial charge in [0.15, 0.2) is 0 Å². The minimum atomic E-state index is -4.77. The number of hydroxylamine groups is 2. The molecule has 11 heteroatoms. The average molecular weight is 304 g/mol. The molecule has 1 aromatic rings. The Kier molecular flexibility index (Phi) is 2.92. The molecule has 2 amide bonds. The van der Waals surface area contributed by atoms with Gasteiger partial charge in [-0.1, -0.05) is 0 Å². The summed E-state index contributed by atoms with van der Waals surface area (Å²) in [7, 11) is -4.77. The van der Waals surface area contributed by atoms with Crippen molar-refractivity contribution in [1.82, 2.24) is 20.2 Å². The Labute approximate surface area is 114 Å². The Morgan fingerprint density at radius 3 is 2.80 bits per heavy atom. The van der Waals surface area contributed by atoms with E-state index in [2.05, 4.69) is 14.5 Å². The maximum Gasteiger partial charge on any atom is 0.418 e. The zero-order valence-electron chi connectivity index (χ0n) is 10.5. The SMILES string of the molecule is Cc1nnc([C@@H]2CCN3C[C@@H]2N(OS(=O)(=O)O)C3=O)o1. The van der Waals surface area contributed by atoms with Crippen molar-refractivity contribution in [2.75, 3.05) is 13.1 Å². The maximum absolute atomic E-state index is 11.9. The summed E-state index contributed by atoms with van der Waals surface area (Å²) in [6, 6.07) is -1.20. The lowest BCUT2D eigenvalue weighted by molar-refractivity contribution is -0.0393. The van der Waals surface area contributed by atoms with Gasteiger partial charge in [-0.05, 0) is 6.42 Å². The standard InChI is InChI=1S/C9H12N4O6S/c1-5-10-11-8(18-5)6-2-3-12-4-7(6)13(9(12)14)19-20(15,16)17/h6-7H,2-4H2,1H3,(H,15,16,17)/t6-,7+/m1/s1. The third-order valence-corrected chi connectivity index (χ3v) is 3.72. The van der Waals surface area contributed by atoms with Crippen LogP contribution in [0.25, 0.3) is 0 Å². The summed E-state index contributed by atoms with van der Waals surface area (Å²) < 4.78 is 40.1. The van der Waals surface area contributed by atoms with E-state index in [4.69, 9.17) is 8.97 Å². The quantitative estimate of drug-likeness (QED) is 0.755. The number of amides is 2. The molecule has 110 valence electrons. The molecule has 2 saturated heterocycles. The molecule has 3 heterocycles. The fraction of sp³-hybridized carbons (Fsp3) is 0.667. The topological polar surface area (TPSA) is 126 Å². The molecule has 0 aliphatic carbocycles. The van der Waals surface area contributed by atoms with Gasteiger partial charge >= 0.3 is 16.4 Å². The van der Waals surface area contributed by atoms with Crippen LogP contribution in [0.4, 0.5) is 4.79 Å². The van der Waals surface area contributed by atoms with Crippen molar-refractivity contribution in [1.29, 1.82) is 0 Å². The van der Waals surface area contributed by atoms with Gasteiger partial charge in [-0.3, -0.25) is 4.55 Å². The van der Waals surface area contributed by atoms with Gasteiger partial charge in [-0.25, -0.2) is 4.79 Å². The maximum atomic E-state index is 11.9. The zero-order chi connectivity index (χ0) is 14.5. The van der Waals surface area contributed by atoms with Gasteiger partial charge in [0.25, 0.3) is 0 Å². The Morgan fingerprint density at radius 2 is 2.20 bits per heavy atom. The van der Waals surface area contributed by atoms with Crippen molar-refractivity contribution in [2.24, 2.45) is 0 Å². The summed E-state index contributed by atoms with van der Waals surface area (Å²) in [6.45, 7) is 2.34. The van der Waals surface area contributed by atoms with Crippen LogP contribution in [0, 0.1) is 6.92 Å². The van der Waals surface area contributed by atoms with E-state index in [1.165, 1.54) is 4.90 Å². The molecule has 0 saturated carbocycles. The molecule has 2 atom stereocenters. The van der Waals surface area contributed by atoms with E-state index in [0.29, 0.717) is 29.8 Å². The number of urea groups is 1. The molecule has 2 aliphatic heterocycles. The second kappa shape index (κ2) is 4.40. The fourth-order valence-electron chi connectivity index (χ4n) is 2.56. The van der Waals surface area contributed by atoms with Crippen molar-refractivity contribution < 1.29 is 26.5 Å². The van der Waals surface area contributed by atoms with E-state index in [1.807, 2.05) is 0 Å². The normalized spacial score (nSPS) is 26.4. The number of hydrogen-bond donors (Lipinski definition) is 1. The molecule has 0 aromatic carbocycles. The molecule has 20 heavy (non-hydrogen) atoms. The van der Waals surface area contributed by atoms with Crippen LogP contribution in [0.5, 0.6) is 0 Å². The van der Waals surface area contributed by atoms with Crippen molar-refractivity contribution >= 4 is 16.4 Å². The number of hydrogen-bond acceptors (Lipinski definition) is 7. The molecule has 1 aromatic heterocycles. The van der Waals surface area contributed by atoms with Gasteiger partial charge in [0.05, 0.1) is 12.0 Å². The van der Waals surface area contributed by atoms with Crippen LogP contribution < -0.4 is 0 Å². The summed E-state index contributed by atoms with van der Waals surface area (Å²) in [5.41, 5.74) is 0. The van der Waals surface area contributed by atoms with Crippen LogP contribution >= 0.6 is 0 Å². The van der Waals surface area contributed by atoms with E-state index in [-0.39, 0.29) is 12.5 Å². The number of aryl methyl sites for hydroxylation is 1. The molecule has 3 rings (SSSR count). The van der Waals surface area contributed by atoms with Crippen molar-refractivity contribution in [3.8, 4) is 0 Å². The molecule has 2 fully saturated rings. The van der Waals surface area contributed by atoms with Crippen LogP contribution in [0.2, 0.25) is 0 Å². The first-order valence-corrected chi connectivity index (χ1v) is 7.27. The van der Waals surface area contributed by atoms with E-state index < -0.39 is 22.5 Å². The molecule has 0 spiro atoms. The Bertz CT molecular complexity index is 643. The summed E-state index contributed by atoms with van der Waals surface area (Å²) in [4.78, 5) is 13.4. The van der Waals surface area contributed by atoms with E-state index in [0.717, 1.165) is 0 Å². The summed E-state index contributed by atoms with van der Waals surface area (Å²) in [6.07, 6.45) is 0.545. The average Bonchev–Trinajstić information content (AvgIpc) is 2.88. The lowest BCUT2D eigenvalue weighted by Crippen LogP contribution is -2.39. The third-order valence-electron chi connectivity index (χ3n) is 3.38. The first-order chi connectivity index (χ1) is 9.35. The summed E-state index contributed by atoms with van der Waals surface area (Å²) in [5, 5.41) is 8.28. The van der Waals surface area contributed by atoms with Crippen LogP contribution in [0.3, 0.4) is 0 Å². The molecular formula is C9H12N4O6S. The first-order valence-electron chi connectivity index (χ1n) is 5.90. The molecule has 2 aliphatic rings. The van der Waals surface area contributed by atoms with Crippen molar-refractivity contribution in [3.63, 3.8) is 0 Å². The van der Waals surface area contributed by atoms with Crippen molar-refractivity contribution in [3.05, 3.63) is 11.8 Å². The Hall–Kier alpha value is -1.72. The highest BCUT2D eigenvalue weighted by Gasteiger charge is 2.50. The van der Waals surface area contributed by atoms with Crippen LogP contribution in [-0.4, -0.2) is 58.3 Å². The van der Waals surface area contributed by atoms with Gasteiger partial charge in [0.1, 0.15) is 0 Å². The van der Waals surface area contributed by atoms with E-state index in [9.17, 15) is 13.2 Å². The van der Waals surface area contributed by atoms with Gasteiger partial charge in [0.2, 0.25) is 11.8 Å². The number of fused-ring (bicyclic) bond motifs is 2. The Morgan fingerprint density at radius 1 is 1.45 bits per heavy atom. The Balaban J connectivity index is 1.90. The molecule has 10 nitrogen and oxygen atoms in total. The highest BCUT2D eigenvalue weighted by atomic mass is 32.3. The molecule has 1 N–H and O–H groups in total. The lowest BCUT2D eigenvalue weighted by atomic mass is 9.93. The van der Waals surface area contributed by atoms with Crippen LogP contribution in [0.1, 0.15) is 24.1 Å². The molecular weight excluding hydrogens is 292 g/mol. The number of carbonyl (C=O) groups excluding carboxylic acids is 1. The van der Waals surface area contributed by atoms with Gasteiger partial charge < -0.3 is 9.32 Å². The minimum Gasteiger partial charge on any atom is -0.425 e. The summed E-state index contributed by atoms with van der Waals surface area (Å²) in [5.74, 6) is 0.375. The predicted molar refractivity (Wildman–Crippen MR) is 61.6 cm³/mol. The second-order valence-corrected chi connectivity index (χ2v) is 5.68. The molecule has 2 bridgehead atoms. The smallest absolute Gasteiger partial charge is 0.418 e. The van der Waals surface area contributed by atoms with Crippen molar-refractivity contribution in [2.45, 2.75) is 25.3 Å². The van der Waals surface area contributed by atoms with Crippen LogP contribution in [-0.2, 0) is 14.7 Å². The zero-order valence-corrected chi connectivity index (χ0v) is 11.3. The fourth-order valence-corrected chi connectivity index (χ4v) is 2.94. The number of rotatable bonds is 3. The third kappa shape index (κ3) is 2.23. The van der Waals surface area contributed by atoms with Gasteiger partial charge in [-0.2, -0.15) is 13.5 Å². The minimum absolute atomic E-state index is 0.278. The number of piperidine rings is 1. The second-order valence-electron chi connectivity index (χ2n) is 4.68. The van der Waals surface area contributed by atoms with E-state index in [1.54, 1.807) is 6.92 Å². The van der Waals surface area contributed by atoms with Crippen LogP contribution in [0.15, 0.2) is 4.42 Å². The largest absolute Gasteiger partial charge is 0.425 e. The number of nitrogens with zero attached hydrogens (tertiary/aromatic N) is 4. The monoisotopic (exact) mass is 304 g/mol. The van der Waals surface area contributed by atoms with Gasteiger partial charge in [0, 0.05) is 20.0 Å². The highest BCUT2D eigenvalue weighted by Crippen LogP contribution is 2.36. The molecule has 0 unspecified atom stereocenters. The summed E-state index contributed by atoms with van der Waals surface area (Å²) >= 11 is 0. The number of carbonyl (C=O) groups is 1. The first kappa shape index (κ1) is 13.3. The van der Waals surface area contributed by atoms with E-state index >= 15 is 0 Å². The van der Waals surface area contributed by atoms with Gasteiger partial charge in [-0.15, -0.1) is 14.5 Å². The highest BCUT2D eigenvalue weighted by molar-refractivity contribution is 7.80. The predicted octanol–water partition coefficient (Wildman–Crippen LogP) is -0.294. The molecule has 0 radical (unpaired) electrons. The number of aromatic nitrogens is 2. The lowest BCUT2D eigenvalue weighted by Gasteiger charge is -2.27.